The third-order valence-corrected chi connectivity index (χ3v) is 3.25. The molecule has 0 radical (unpaired) electrons. The number of aromatic nitrogens is 2. The number of nitrogens with two attached hydrogens (primary N) is 1. The summed E-state index contributed by atoms with van der Waals surface area (Å²) < 4.78 is 0. The van der Waals surface area contributed by atoms with Gasteiger partial charge in [0.25, 0.3) is 5.56 Å². The highest BCUT2D eigenvalue weighted by Gasteiger charge is 2.16. The molecule has 0 bridgehead atoms. The lowest BCUT2D eigenvalue weighted by Gasteiger charge is -2.11. The second kappa shape index (κ2) is 4.78. The predicted molar refractivity (Wildman–Crippen MR) is 63.3 cm³/mol. The van der Waals surface area contributed by atoms with Gasteiger partial charge in [0.2, 0.25) is 0 Å². The topological polar surface area (TPSA) is 71.8 Å². The van der Waals surface area contributed by atoms with E-state index in [0.29, 0.717) is 5.82 Å². The maximum absolute atomic E-state index is 11.9. The zero-order chi connectivity index (χ0) is 11.5. The molecule has 0 saturated heterocycles. The van der Waals surface area contributed by atoms with Gasteiger partial charge in [-0.1, -0.05) is 13.3 Å². The number of aromatic amines is 1. The third-order valence-electron chi connectivity index (χ3n) is 3.25. The van der Waals surface area contributed by atoms with Gasteiger partial charge in [0.15, 0.2) is 0 Å². The van der Waals surface area contributed by atoms with Crippen LogP contribution in [0.25, 0.3) is 0 Å². The van der Waals surface area contributed by atoms with E-state index in [4.69, 9.17) is 5.73 Å². The quantitative estimate of drug-likeness (QED) is 0.742. The van der Waals surface area contributed by atoms with Crippen LogP contribution in [-0.4, -0.2) is 9.97 Å². The van der Waals surface area contributed by atoms with Crippen LogP contribution in [0.15, 0.2) is 4.79 Å². The van der Waals surface area contributed by atoms with Gasteiger partial charge in [-0.2, -0.15) is 0 Å². The molecule has 1 heterocycles. The molecule has 16 heavy (non-hydrogen) atoms. The number of nitrogens with zero attached hydrogens (tertiary/aromatic N) is 1. The summed E-state index contributed by atoms with van der Waals surface area (Å²) in [7, 11) is 0. The Kier molecular flexibility index (Phi) is 3.39. The van der Waals surface area contributed by atoms with Crippen molar-refractivity contribution in [1.29, 1.82) is 0 Å². The molecule has 1 aliphatic carbocycles. The van der Waals surface area contributed by atoms with Crippen LogP contribution in [0.2, 0.25) is 0 Å². The van der Waals surface area contributed by atoms with Gasteiger partial charge in [-0.15, -0.1) is 0 Å². The molecule has 0 aliphatic heterocycles. The first-order valence-corrected chi connectivity index (χ1v) is 6.10. The Balaban J connectivity index is 2.43. The molecule has 0 aromatic carbocycles. The average molecular weight is 221 g/mol. The fourth-order valence-corrected chi connectivity index (χ4v) is 2.17. The lowest BCUT2D eigenvalue weighted by Crippen LogP contribution is -2.24. The first-order valence-electron chi connectivity index (χ1n) is 6.10. The Morgan fingerprint density at radius 1 is 1.38 bits per heavy atom. The zero-order valence-electron chi connectivity index (χ0n) is 9.75. The summed E-state index contributed by atoms with van der Waals surface area (Å²) in [5, 5.41) is 0. The van der Waals surface area contributed by atoms with E-state index in [1.54, 1.807) is 0 Å². The monoisotopic (exact) mass is 221 g/mol. The number of rotatable bonds is 2. The Bertz CT molecular complexity index is 425. The molecule has 3 N–H and O–H groups in total. The molecule has 2 rings (SSSR count). The smallest absolute Gasteiger partial charge is 0.254 e. The van der Waals surface area contributed by atoms with Gasteiger partial charge in [0.05, 0.1) is 11.7 Å². The molecule has 4 heteroatoms. The first kappa shape index (κ1) is 11.3. The van der Waals surface area contributed by atoms with E-state index in [9.17, 15) is 4.79 Å². The minimum Gasteiger partial charge on any atom is -0.321 e. The van der Waals surface area contributed by atoms with E-state index in [0.717, 1.165) is 43.4 Å². The van der Waals surface area contributed by atoms with Gasteiger partial charge in [-0.25, -0.2) is 4.98 Å². The molecular weight excluding hydrogens is 202 g/mol. The number of aryl methyl sites for hydroxylation is 1. The van der Waals surface area contributed by atoms with Crippen molar-refractivity contribution in [2.75, 3.05) is 0 Å². The maximum Gasteiger partial charge on any atom is 0.254 e. The average Bonchev–Trinajstić information content (AvgIpc) is 2.53. The number of nitrogens with one attached hydrogen (secondary N) is 1. The van der Waals surface area contributed by atoms with Crippen molar-refractivity contribution >= 4 is 0 Å². The summed E-state index contributed by atoms with van der Waals surface area (Å²) >= 11 is 0. The van der Waals surface area contributed by atoms with Crippen LogP contribution in [0.4, 0.5) is 0 Å². The van der Waals surface area contributed by atoms with Crippen LogP contribution in [0.1, 0.15) is 55.7 Å². The second-order valence-corrected chi connectivity index (χ2v) is 4.45. The molecule has 1 aromatic rings. The van der Waals surface area contributed by atoms with Crippen molar-refractivity contribution in [3.8, 4) is 0 Å². The fraction of sp³-hybridized carbons (Fsp3) is 0.667. The fourth-order valence-electron chi connectivity index (χ4n) is 2.17. The van der Waals surface area contributed by atoms with Crippen LogP contribution < -0.4 is 11.3 Å². The molecule has 0 amide bonds. The van der Waals surface area contributed by atoms with Gasteiger partial charge >= 0.3 is 0 Å². The summed E-state index contributed by atoms with van der Waals surface area (Å²) in [6.07, 6.45) is 5.98. The molecule has 4 nitrogen and oxygen atoms in total. The summed E-state index contributed by atoms with van der Waals surface area (Å²) in [5.41, 5.74) is 7.77. The number of H-pyrrole nitrogens is 1. The van der Waals surface area contributed by atoms with E-state index >= 15 is 0 Å². The van der Waals surface area contributed by atoms with Crippen molar-refractivity contribution in [3.63, 3.8) is 0 Å². The van der Waals surface area contributed by atoms with Gasteiger partial charge in [0.1, 0.15) is 5.82 Å². The molecule has 1 atom stereocenters. The summed E-state index contributed by atoms with van der Waals surface area (Å²) in [4.78, 5) is 19.3. The van der Waals surface area contributed by atoms with Crippen LogP contribution >= 0.6 is 0 Å². The Hall–Kier alpha value is -1.16. The highest BCUT2D eigenvalue weighted by molar-refractivity contribution is 5.20. The molecule has 88 valence electrons. The Morgan fingerprint density at radius 3 is 2.88 bits per heavy atom. The highest BCUT2D eigenvalue weighted by Crippen LogP contribution is 2.17. The minimum atomic E-state index is -0.152. The van der Waals surface area contributed by atoms with Crippen LogP contribution in [0.3, 0.4) is 0 Å². The largest absolute Gasteiger partial charge is 0.321 e. The molecular formula is C12H19N3O. The van der Waals surface area contributed by atoms with Gasteiger partial charge in [-0.3, -0.25) is 4.79 Å². The number of hydrogen-bond acceptors (Lipinski definition) is 3. The van der Waals surface area contributed by atoms with Crippen LogP contribution in [0.5, 0.6) is 0 Å². The Morgan fingerprint density at radius 2 is 2.12 bits per heavy atom. The standard InChI is InChI=1S/C12H19N3O/c1-2-9(13)11-14-10-7-5-3-4-6-8(10)12(16)15-11/h9H,2-7,13H2,1H3,(H,14,15,16). The SMILES string of the molecule is CCC(N)c1nc2c(c(=O)[nH]1)CCCCC2. The maximum atomic E-state index is 11.9. The van der Waals surface area contributed by atoms with E-state index in [2.05, 4.69) is 9.97 Å². The van der Waals surface area contributed by atoms with E-state index in [1.807, 2.05) is 6.92 Å². The molecule has 0 spiro atoms. The highest BCUT2D eigenvalue weighted by atomic mass is 16.1. The van der Waals surface area contributed by atoms with Crippen molar-refractivity contribution < 1.29 is 0 Å². The molecule has 0 fully saturated rings. The van der Waals surface area contributed by atoms with Crippen LogP contribution in [0, 0.1) is 0 Å². The lowest BCUT2D eigenvalue weighted by molar-refractivity contribution is 0.634. The third kappa shape index (κ3) is 2.16. The van der Waals surface area contributed by atoms with Gasteiger partial charge in [0, 0.05) is 5.56 Å². The van der Waals surface area contributed by atoms with Crippen molar-refractivity contribution in [1.82, 2.24) is 9.97 Å². The molecule has 1 aromatic heterocycles. The van der Waals surface area contributed by atoms with Crippen LogP contribution in [-0.2, 0) is 12.8 Å². The zero-order valence-corrected chi connectivity index (χ0v) is 9.75. The summed E-state index contributed by atoms with van der Waals surface area (Å²) in [6.45, 7) is 2.00. The van der Waals surface area contributed by atoms with Crippen molar-refractivity contribution in [2.45, 2.75) is 51.5 Å². The molecule has 1 aliphatic rings. The van der Waals surface area contributed by atoms with Crippen molar-refractivity contribution in [2.24, 2.45) is 5.73 Å². The Labute approximate surface area is 95.3 Å². The molecule has 0 saturated carbocycles. The van der Waals surface area contributed by atoms with Gasteiger partial charge in [-0.05, 0) is 32.1 Å². The lowest BCUT2D eigenvalue weighted by atomic mass is 10.1. The number of hydrogen-bond donors (Lipinski definition) is 2. The minimum absolute atomic E-state index is 0.0193. The summed E-state index contributed by atoms with van der Waals surface area (Å²) in [5.74, 6) is 0.646. The van der Waals surface area contributed by atoms with E-state index in [-0.39, 0.29) is 11.6 Å². The normalized spacial score (nSPS) is 17.6. The predicted octanol–water partition coefficient (Wildman–Crippen LogP) is 1.45. The van der Waals surface area contributed by atoms with Gasteiger partial charge < -0.3 is 10.7 Å². The summed E-state index contributed by atoms with van der Waals surface area (Å²) in [6, 6.07) is -0.152. The number of fused-ring (bicyclic) bond motifs is 1. The van der Waals surface area contributed by atoms with Crippen molar-refractivity contribution in [3.05, 3.63) is 27.4 Å². The van der Waals surface area contributed by atoms with E-state index in [1.165, 1.54) is 6.42 Å². The second-order valence-electron chi connectivity index (χ2n) is 4.45. The molecule has 1 unspecified atom stereocenters. The first-order chi connectivity index (χ1) is 7.72. The van der Waals surface area contributed by atoms with E-state index < -0.39 is 0 Å².